The van der Waals surface area contributed by atoms with Gasteiger partial charge in [0.25, 0.3) is 0 Å². The molecule has 0 fully saturated rings. The molecule has 106 valence electrons. The van der Waals surface area contributed by atoms with Gasteiger partial charge in [-0.1, -0.05) is 17.7 Å². The Balaban J connectivity index is 2.54. The number of nitrogens with zero attached hydrogens (tertiary/aromatic N) is 2. The third kappa shape index (κ3) is 2.83. The van der Waals surface area contributed by atoms with Gasteiger partial charge in [0.1, 0.15) is 5.82 Å². The Kier molecular flexibility index (Phi) is 4.40. The Labute approximate surface area is 121 Å². The first-order chi connectivity index (χ1) is 9.56. The number of rotatable bonds is 4. The summed E-state index contributed by atoms with van der Waals surface area (Å²) in [6.45, 7) is 9.74. The number of anilines is 2. The van der Waals surface area contributed by atoms with Crippen LogP contribution in [0.3, 0.4) is 0 Å². The highest BCUT2D eigenvalue weighted by Gasteiger charge is 2.15. The van der Waals surface area contributed by atoms with Crippen LogP contribution in [0.5, 0.6) is 0 Å². The van der Waals surface area contributed by atoms with Gasteiger partial charge in [-0.2, -0.15) is 0 Å². The predicted octanol–water partition coefficient (Wildman–Crippen LogP) is 3.62. The molecule has 2 N–H and O–H groups in total. The first-order valence-corrected chi connectivity index (χ1v) is 7.08. The van der Waals surface area contributed by atoms with E-state index in [1.165, 1.54) is 11.1 Å². The maximum absolute atomic E-state index is 5.93. The van der Waals surface area contributed by atoms with Gasteiger partial charge in [0.2, 0.25) is 0 Å². The van der Waals surface area contributed by atoms with E-state index in [0.29, 0.717) is 6.54 Å². The highest BCUT2D eigenvalue weighted by Crippen LogP contribution is 2.29. The zero-order chi connectivity index (χ0) is 14.7. The molecule has 0 radical (unpaired) electrons. The third-order valence-electron chi connectivity index (χ3n) is 3.58. The van der Waals surface area contributed by atoms with E-state index in [-0.39, 0.29) is 0 Å². The maximum Gasteiger partial charge on any atom is 0.138 e. The van der Waals surface area contributed by atoms with Crippen LogP contribution in [0.25, 0.3) is 0 Å². The van der Waals surface area contributed by atoms with Crippen LogP contribution in [0.4, 0.5) is 11.5 Å². The zero-order valence-corrected chi connectivity index (χ0v) is 12.8. The highest BCUT2D eigenvalue weighted by atomic mass is 15.2. The van der Waals surface area contributed by atoms with Gasteiger partial charge in [0.05, 0.1) is 0 Å². The number of hydrogen-bond donors (Lipinski definition) is 1. The highest BCUT2D eigenvalue weighted by molar-refractivity contribution is 5.64. The van der Waals surface area contributed by atoms with Crippen molar-refractivity contribution >= 4 is 11.5 Å². The second kappa shape index (κ2) is 6.06. The quantitative estimate of drug-likeness (QED) is 0.921. The van der Waals surface area contributed by atoms with Crippen molar-refractivity contribution < 1.29 is 0 Å². The number of aromatic nitrogens is 1. The van der Waals surface area contributed by atoms with Crippen LogP contribution < -0.4 is 10.6 Å². The van der Waals surface area contributed by atoms with Gasteiger partial charge in [-0.3, -0.25) is 0 Å². The smallest absolute Gasteiger partial charge is 0.138 e. The van der Waals surface area contributed by atoms with Crippen LogP contribution in [-0.2, 0) is 6.54 Å². The molecular weight excluding hydrogens is 246 g/mol. The van der Waals surface area contributed by atoms with E-state index in [4.69, 9.17) is 10.7 Å². The molecule has 0 saturated heterocycles. The van der Waals surface area contributed by atoms with Gasteiger partial charge in [-0.15, -0.1) is 0 Å². The largest absolute Gasteiger partial charge is 0.326 e. The van der Waals surface area contributed by atoms with Gasteiger partial charge >= 0.3 is 0 Å². The van der Waals surface area contributed by atoms with Crippen molar-refractivity contribution in [3.63, 3.8) is 0 Å². The molecule has 1 heterocycles. The molecular formula is C17H23N3. The molecule has 1 aromatic carbocycles. The van der Waals surface area contributed by atoms with E-state index >= 15 is 0 Å². The van der Waals surface area contributed by atoms with Gasteiger partial charge < -0.3 is 10.6 Å². The van der Waals surface area contributed by atoms with Gasteiger partial charge in [-0.25, -0.2) is 4.98 Å². The van der Waals surface area contributed by atoms with Crippen LogP contribution in [0.15, 0.2) is 30.3 Å². The summed E-state index contributed by atoms with van der Waals surface area (Å²) >= 11 is 0. The Bertz CT molecular complexity index is 588. The van der Waals surface area contributed by atoms with Crippen LogP contribution in [0.2, 0.25) is 0 Å². The second-order valence-corrected chi connectivity index (χ2v) is 5.17. The lowest BCUT2D eigenvalue weighted by molar-refractivity contribution is 0.928. The van der Waals surface area contributed by atoms with Gasteiger partial charge in [0, 0.05) is 30.0 Å². The second-order valence-electron chi connectivity index (χ2n) is 5.17. The summed E-state index contributed by atoms with van der Waals surface area (Å²) < 4.78 is 0. The van der Waals surface area contributed by atoms with Crippen LogP contribution >= 0.6 is 0 Å². The Morgan fingerprint density at radius 2 is 1.75 bits per heavy atom. The van der Waals surface area contributed by atoms with E-state index in [2.05, 4.69) is 56.0 Å². The van der Waals surface area contributed by atoms with Gasteiger partial charge in [0.15, 0.2) is 0 Å². The van der Waals surface area contributed by atoms with E-state index < -0.39 is 0 Å². The van der Waals surface area contributed by atoms with Crippen molar-refractivity contribution in [1.29, 1.82) is 0 Å². The lowest BCUT2D eigenvalue weighted by Gasteiger charge is -2.26. The minimum absolute atomic E-state index is 0.511. The van der Waals surface area contributed by atoms with E-state index in [9.17, 15) is 0 Å². The number of nitrogens with two attached hydrogens (primary N) is 1. The molecule has 0 bridgehead atoms. The molecule has 3 nitrogen and oxygen atoms in total. The van der Waals surface area contributed by atoms with E-state index in [1.807, 2.05) is 6.92 Å². The fourth-order valence-electron chi connectivity index (χ4n) is 2.50. The minimum atomic E-state index is 0.511. The van der Waals surface area contributed by atoms with Gasteiger partial charge in [-0.05, 0) is 51.5 Å². The van der Waals surface area contributed by atoms with E-state index in [1.54, 1.807) is 0 Å². The average Bonchev–Trinajstić information content (AvgIpc) is 2.41. The number of hydrogen-bond acceptors (Lipinski definition) is 3. The standard InChI is InChI=1S/C17H23N3/c1-5-20(15-8-6-12(2)7-9-15)17-16(11-18)13(3)10-14(4)19-17/h6-10H,5,11,18H2,1-4H3. The number of aryl methyl sites for hydroxylation is 3. The minimum Gasteiger partial charge on any atom is -0.326 e. The molecule has 1 aromatic heterocycles. The summed E-state index contributed by atoms with van der Waals surface area (Å²) in [4.78, 5) is 6.94. The summed E-state index contributed by atoms with van der Waals surface area (Å²) in [7, 11) is 0. The first kappa shape index (κ1) is 14.5. The number of pyridine rings is 1. The number of benzene rings is 1. The van der Waals surface area contributed by atoms with Crippen molar-refractivity contribution in [2.75, 3.05) is 11.4 Å². The third-order valence-corrected chi connectivity index (χ3v) is 3.58. The van der Waals surface area contributed by atoms with E-state index in [0.717, 1.165) is 29.3 Å². The summed E-state index contributed by atoms with van der Waals surface area (Å²) in [5, 5.41) is 0. The molecule has 0 saturated carbocycles. The molecule has 20 heavy (non-hydrogen) atoms. The van der Waals surface area contributed by atoms with Crippen molar-refractivity contribution in [1.82, 2.24) is 4.98 Å². The van der Waals surface area contributed by atoms with Crippen molar-refractivity contribution in [3.8, 4) is 0 Å². The first-order valence-electron chi connectivity index (χ1n) is 7.08. The Morgan fingerprint density at radius 3 is 2.30 bits per heavy atom. The van der Waals surface area contributed by atoms with Crippen LogP contribution in [0, 0.1) is 20.8 Å². The summed E-state index contributed by atoms with van der Waals surface area (Å²) in [6, 6.07) is 10.6. The fraction of sp³-hybridized carbons (Fsp3) is 0.353. The van der Waals surface area contributed by atoms with Crippen LogP contribution in [0.1, 0.15) is 29.3 Å². The summed E-state index contributed by atoms with van der Waals surface area (Å²) in [5.74, 6) is 0.983. The summed E-state index contributed by atoms with van der Waals surface area (Å²) in [6.07, 6.45) is 0. The fourth-order valence-corrected chi connectivity index (χ4v) is 2.50. The average molecular weight is 269 g/mol. The Morgan fingerprint density at radius 1 is 1.10 bits per heavy atom. The molecule has 0 aliphatic rings. The zero-order valence-electron chi connectivity index (χ0n) is 12.8. The molecule has 0 atom stereocenters. The van der Waals surface area contributed by atoms with Crippen molar-refractivity contribution in [2.45, 2.75) is 34.2 Å². The molecule has 0 amide bonds. The molecule has 2 rings (SSSR count). The molecule has 2 aromatic rings. The monoisotopic (exact) mass is 269 g/mol. The predicted molar refractivity (Wildman–Crippen MR) is 85.5 cm³/mol. The Hall–Kier alpha value is -1.87. The van der Waals surface area contributed by atoms with Crippen molar-refractivity contribution in [3.05, 3.63) is 52.7 Å². The molecule has 0 spiro atoms. The maximum atomic E-state index is 5.93. The molecule has 3 heteroatoms. The molecule has 0 unspecified atom stereocenters. The SMILES string of the molecule is CCN(c1ccc(C)cc1)c1nc(C)cc(C)c1CN. The normalized spacial score (nSPS) is 10.7. The summed E-state index contributed by atoms with van der Waals surface area (Å²) in [5.41, 5.74) is 11.7. The molecule has 0 aliphatic carbocycles. The topological polar surface area (TPSA) is 42.2 Å². The van der Waals surface area contributed by atoms with Crippen molar-refractivity contribution in [2.24, 2.45) is 5.73 Å². The lowest BCUT2D eigenvalue weighted by atomic mass is 10.1. The van der Waals surface area contributed by atoms with Crippen LogP contribution in [-0.4, -0.2) is 11.5 Å². The lowest BCUT2D eigenvalue weighted by Crippen LogP contribution is -2.21. The molecule has 0 aliphatic heterocycles.